The highest BCUT2D eigenvalue weighted by Gasteiger charge is 2.38. The van der Waals surface area contributed by atoms with E-state index in [2.05, 4.69) is 31.5 Å². The van der Waals surface area contributed by atoms with Gasteiger partial charge in [0.1, 0.15) is 6.10 Å². The van der Waals surface area contributed by atoms with Crippen molar-refractivity contribution in [2.24, 2.45) is 0 Å². The third-order valence-electron chi connectivity index (χ3n) is 3.72. The lowest BCUT2D eigenvalue weighted by molar-refractivity contribution is -0.159. The van der Waals surface area contributed by atoms with Gasteiger partial charge in [0.15, 0.2) is 0 Å². The van der Waals surface area contributed by atoms with Crippen molar-refractivity contribution in [1.29, 1.82) is 0 Å². The van der Waals surface area contributed by atoms with Crippen molar-refractivity contribution in [1.82, 2.24) is 20.0 Å². The predicted octanol–water partition coefficient (Wildman–Crippen LogP) is 3.01. The van der Waals surface area contributed by atoms with Crippen molar-refractivity contribution >= 4 is 0 Å². The first-order chi connectivity index (χ1) is 11.5. The zero-order chi connectivity index (χ0) is 17.2. The average molecular weight is 342 g/mol. The first-order valence-electron chi connectivity index (χ1n) is 7.72. The predicted molar refractivity (Wildman–Crippen MR) is 78.3 cm³/mol. The summed E-state index contributed by atoms with van der Waals surface area (Å²) in [7, 11) is 0. The Morgan fingerprint density at radius 1 is 1.38 bits per heavy atom. The number of ether oxygens (including phenoxy) is 1. The van der Waals surface area contributed by atoms with Crippen molar-refractivity contribution in [2.75, 3.05) is 19.6 Å². The summed E-state index contributed by atoms with van der Waals surface area (Å²) < 4.78 is 47.4. The van der Waals surface area contributed by atoms with Crippen LogP contribution in [0.4, 0.5) is 13.2 Å². The molecule has 0 amide bonds. The smallest absolute Gasteiger partial charge is 0.471 e. The van der Waals surface area contributed by atoms with Gasteiger partial charge >= 0.3 is 12.1 Å². The molecule has 0 bridgehead atoms. The minimum absolute atomic E-state index is 0.0805. The van der Waals surface area contributed by atoms with Gasteiger partial charge < -0.3 is 9.26 Å². The molecule has 1 aliphatic heterocycles. The lowest BCUT2D eigenvalue weighted by atomic mass is 10.2. The lowest BCUT2D eigenvalue weighted by Crippen LogP contribution is -2.25. The molecule has 0 spiro atoms. The maximum Gasteiger partial charge on any atom is 0.471 e. The Balaban J connectivity index is 1.63. The zero-order valence-corrected chi connectivity index (χ0v) is 13.1. The number of nitrogens with zero attached hydrogens (tertiary/aromatic N) is 4. The van der Waals surface area contributed by atoms with Crippen LogP contribution in [0.25, 0.3) is 11.4 Å². The van der Waals surface area contributed by atoms with Gasteiger partial charge in [-0.1, -0.05) is 12.1 Å². The summed E-state index contributed by atoms with van der Waals surface area (Å²) >= 11 is 0. The first-order valence-corrected chi connectivity index (χ1v) is 7.72. The van der Waals surface area contributed by atoms with E-state index in [9.17, 15) is 13.2 Å². The molecule has 6 nitrogen and oxygen atoms in total. The number of alkyl halides is 3. The Morgan fingerprint density at radius 3 is 2.83 bits per heavy atom. The van der Waals surface area contributed by atoms with E-state index in [1.54, 1.807) is 12.1 Å². The van der Waals surface area contributed by atoms with Crippen molar-refractivity contribution in [3.05, 3.63) is 24.2 Å². The normalized spacial score (nSPS) is 18.9. The number of rotatable bonds is 5. The fraction of sp³-hybridized carbons (Fsp3) is 0.533. The third kappa shape index (κ3) is 3.84. The van der Waals surface area contributed by atoms with Crippen molar-refractivity contribution < 1.29 is 22.4 Å². The van der Waals surface area contributed by atoms with Crippen LogP contribution >= 0.6 is 0 Å². The minimum Gasteiger partial charge on any atom is -0.473 e. The number of halogens is 3. The summed E-state index contributed by atoms with van der Waals surface area (Å²) in [4.78, 5) is 9.77. The Bertz CT molecular complexity index is 672. The van der Waals surface area contributed by atoms with Crippen LogP contribution in [0.1, 0.15) is 25.7 Å². The SMILES string of the molecule is CCCN1CC[C@@H](Oc2ccc(-c3noc(C(F)(F)F)n3)cn2)C1. The van der Waals surface area contributed by atoms with E-state index in [-0.39, 0.29) is 11.9 Å². The molecule has 0 radical (unpaired) electrons. The molecule has 2 aromatic rings. The van der Waals surface area contributed by atoms with Crippen molar-refractivity contribution in [2.45, 2.75) is 32.0 Å². The van der Waals surface area contributed by atoms with Crippen LogP contribution in [-0.2, 0) is 6.18 Å². The average Bonchev–Trinajstić information content (AvgIpc) is 3.18. The molecule has 3 heterocycles. The van der Waals surface area contributed by atoms with Gasteiger partial charge in [0, 0.05) is 30.9 Å². The van der Waals surface area contributed by atoms with Crippen LogP contribution in [-0.4, -0.2) is 45.8 Å². The van der Waals surface area contributed by atoms with Gasteiger partial charge in [0.25, 0.3) is 0 Å². The Hall–Kier alpha value is -2.16. The summed E-state index contributed by atoms with van der Waals surface area (Å²) in [5.74, 6) is -1.10. The minimum atomic E-state index is -4.66. The van der Waals surface area contributed by atoms with Gasteiger partial charge in [-0.05, 0) is 25.5 Å². The molecule has 2 aromatic heterocycles. The van der Waals surface area contributed by atoms with E-state index < -0.39 is 12.1 Å². The van der Waals surface area contributed by atoms with Crippen LogP contribution in [0.3, 0.4) is 0 Å². The van der Waals surface area contributed by atoms with Crippen LogP contribution in [0.2, 0.25) is 0 Å². The molecule has 1 fully saturated rings. The van der Waals surface area contributed by atoms with E-state index in [0.717, 1.165) is 32.5 Å². The van der Waals surface area contributed by atoms with Crippen molar-refractivity contribution in [3.63, 3.8) is 0 Å². The quantitative estimate of drug-likeness (QED) is 0.832. The topological polar surface area (TPSA) is 64.3 Å². The molecule has 0 aliphatic carbocycles. The van der Waals surface area contributed by atoms with E-state index in [1.165, 1.54) is 6.20 Å². The van der Waals surface area contributed by atoms with Crippen LogP contribution in [0.15, 0.2) is 22.9 Å². The van der Waals surface area contributed by atoms with E-state index in [4.69, 9.17) is 4.74 Å². The maximum atomic E-state index is 12.5. The highest BCUT2D eigenvalue weighted by molar-refractivity contribution is 5.53. The molecule has 3 rings (SSSR count). The second-order valence-electron chi connectivity index (χ2n) is 5.64. The first kappa shape index (κ1) is 16.7. The number of hydrogen-bond donors (Lipinski definition) is 0. The van der Waals surface area contributed by atoms with Crippen LogP contribution in [0.5, 0.6) is 5.88 Å². The monoisotopic (exact) mass is 342 g/mol. The highest BCUT2D eigenvalue weighted by atomic mass is 19.4. The standard InChI is InChI=1S/C15H17F3N4O2/c1-2-6-22-7-5-11(9-22)23-12-4-3-10(8-19-12)13-20-14(24-21-13)15(16,17)18/h3-4,8,11H,2,5-7,9H2,1H3/t11-/m1/s1. The van der Waals surface area contributed by atoms with Crippen LogP contribution < -0.4 is 4.74 Å². The largest absolute Gasteiger partial charge is 0.473 e. The summed E-state index contributed by atoms with van der Waals surface area (Å²) in [5, 5.41) is 3.32. The van der Waals surface area contributed by atoms with E-state index in [1.807, 2.05) is 0 Å². The molecule has 9 heteroatoms. The molecule has 0 N–H and O–H groups in total. The fourth-order valence-electron chi connectivity index (χ4n) is 2.62. The Kier molecular flexibility index (Phi) is 4.70. The molecule has 1 aliphatic rings. The zero-order valence-electron chi connectivity index (χ0n) is 13.1. The number of hydrogen-bond acceptors (Lipinski definition) is 6. The third-order valence-corrected chi connectivity index (χ3v) is 3.72. The second kappa shape index (κ2) is 6.76. The van der Waals surface area contributed by atoms with E-state index >= 15 is 0 Å². The lowest BCUT2D eigenvalue weighted by Gasteiger charge is -2.15. The molecular formula is C15H17F3N4O2. The number of likely N-dealkylation sites (tertiary alicyclic amines) is 1. The van der Waals surface area contributed by atoms with Gasteiger partial charge in [-0.2, -0.15) is 18.2 Å². The second-order valence-corrected chi connectivity index (χ2v) is 5.64. The van der Waals surface area contributed by atoms with Crippen LogP contribution in [0, 0.1) is 0 Å². The van der Waals surface area contributed by atoms with Gasteiger partial charge in [0.05, 0.1) is 0 Å². The number of pyridine rings is 1. The highest BCUT2D eigenvalue weighted by Crippen LogP contribution is 2.29. The van der Waals surface area contributed by atoms with Gasteiger partial charge in [-0.15, -0.1) is 0 Å². The summed E-state index contributed by atoms with van der Waals surface area (Å²) in [6.45, 7) is 5.04. The molecule has 0 saturated carbocycles. The van der Waals surface area contributed by atoms with Gasteiger partial charge in [-0.3, -0.25) is 4.90 Å². The van der Waals surface area contributed by atoms with E-state index in [0.29, 0.717) is 11.4 Å². The molecule has 1 saturated heterocycles. The summed E-state index contributed by atoms with van der Waals surface area (Å²) in [6, 6.07) is 3.16. The maximum absolute atomic E-state index is 12.5. The Labute approximate surface area is 136 Å². The fourth-order valence-corrected chi connectivity index (χ4v) is 2.62. The summed E-state index contributed by atoms with van der Waals surface area (Å²) in [5.41, 5.74) is 0.334. The van der Waals surface area contributed by atoms with Gasteiger partial charge in [-0.25, -0.2) is 4.98 Å². The molecule has 130 valence electrons. The molecule has 1 atom stereocenters. The summed E-state index contributed by atoms with van der Waals surface area (Å²) in [6.07, 6.45) is -1.17. The molecular weight excluding hydrogens is 325 g/mol. The molecule has 24 heavy (non-hydrogen) atoms. The van der Waals surface area contributed by atoms with Crippen molar-refractivity contribution in [3.8, 4) is 17.3 Å². The van der Waals surface area contributed by atoms with Gasteiger partial charge in [0.2, 0.25) is 11.7 Å². The molecule has 0 aromatic carbocycles. The Morgan fingerprint density at radius 2 is 2.21 bits per heavy atom. The number of aromatic nitrogens is 3. The molecule has 0 unspecified atom stereocenters.